The highest BCUT2D eigenvalue weighted by Gasteiger charge is 2.18. The summed E-state index contributed by atoms with van der Waals surface area (Å²) in [5, 5.41) is 8.00. The topological polar surface area (TPSA) is 217 Å². The summed E-state index contributed by atoms with van der Waals surface area (Å²) >= 11 is 0. The summed E-state index contributed by atoms with van der Waals surface area (Å²) in [6.07, 6.45) is 1.67. The molecule has 0 bridgehead atoms. The second kappa shape index (κ2) is 24.7. The van der Waals surface area contributed by atoms with Gasteiger partial charge in [-0.15, -0.1) is 0 Å². The van der Waals surface area contributed by atoms with E-state index in [4.69, 9.17) is 25.7 Å². The molecule has 0 unspecified atom stereocenters. The minimum atomic E-state index is -0.624. The van der Waals surface area contributed by atoms with Gasteiger partial charge in [-0.25, -0.2) is 9.59 Å². The van der Waals surface area contributed by atoms with Crippen molar-refractivity contribution < 1.29 is 38.2 Å². The van der Waals surface area contributed by atoms with Gasteiger partial charge in [-0.1, -0.05) is 60.7 Å². The second-order valence-electron chi connectivity index (χ2n) is 11.4. The minimum absolute atomic E-state index is 0.000712. The molecule has 274 valence electrons. The fraction of sp³-hybridized carbons (Fsp3) is 0.486. The second-order valence-corrected chi connectivity index (χ2v) is 11.4. The predicted molar refractivity (Wildman–Crippen MR) is 187 cm³/mol. The molecule has 0 heterocycles. The highest BCUT2D eigenvalue weighted by Crippen LogP contribution is 2.10. The lowest BCUT2D eigenvalue weighted by atomic mass is 10.1. The van der Waals surface area contributed by atoms with E-state index in [2.05, 4.69) is 20.9 Å². The van der Waals surface area contributed by atoms with E-state index < -0.39 is 30.2 Å². The maximum Gasteiger partial charge on any atom is 0.410 e. The van der Waals surface area contributed by atoms with Crippen LogP contribution in [0.25, 0.3) is 0 Å². The number of benzene rings is 2. The Morgan fingerprint density at radius 2 is 1.36 bits per heavy atom. The van der Waals surface area contributed by atoms with Crippen LogP contribution in [0.3, 0.4) is 0 Å². The number of amides is 4. The van der Waals surface area contributed by atoms with Crippen molar-refractivity contribution >= 4 is 35.9 Å². The molecule has 0 aliphatic carbocycles. The molecular formula is C35H51N7O8. The monoisotopic (exact) mass is 697 g/mol. The first-order valence-electron chi connectivity index (χ1n) is 16.8. The van der Waals surface area contributed by atoms with Crippen LogP contribution in [0.2, 0.25) is 0 Å². The third kappa shape index (κ3) is 20.1. The summed E-state index contributed by atoms with van der Waals surface area (Å²) in [5.41, 5.74) is 12.4. The standard InChI is InChI=1S/C35H51N7O8/c1-27(43)50-30(17-8-9-19-39-33(36)37)23-31(44)41-24-32(45)38-18-10-11-21-42(35(47)49-26-29-15-6-3-7-16-29)22-12-20-40-34(46)48-25-28-13-4-2-5-14-28/h2-7,13-16,30H,8-12,17-26H2,1H3,(H,38,45)(H,40,46)(H,41,44)(H4,36,37,39)/t30-/m0/s1. The molecule has 0 aromatic heterocycles. The number of esters is 1. The van der Waals surface area contributed by atoms with Crippen LogP contribution in [0.1, 0.15) is 63.0 Å². The van der Waals surface area contributed by atoms with Crippen molar-refractivity contribution in [3.05, 3.63) is 71.8 Å². The normalized spacial score (nSPS) is 11.0. The number of carbonyl (C=O) groups is 5. The molecular weight excluding hydrogens is 646 g/mol. The highest BCUT2D eigenvalue weighted by atomic mass is 16.6. The van der Waals surface area contributed by atoms with Gasteiger partial charge in [0, 0.05) is 39.6 Å². The van der Waals surface area contributed by atoms with Crippen LogP contribution in [0.15, 0.2) is 65.7 Å². The van der Waals surface area contributed by atoms with E-state index in [1.807, 2.05) is 60.7 Å². The maximum absolute atomic E-state index is 12.9. The summed E-state index contributed by atoms with van der Waals surface area (Å²) < 4.78 is 16.0. The molecule has 4 amide bonds. The molecule has 7 N–H and O–H groups in total. The Kier molecular flexibility index (Phi) is 20.2. The number of guanidine groups is 1. The largest absolute Gasteiger partial charge is 0.462 e. The number of aliphatic imine (C=N–C) groups is 1. The molecule has 50 heavy (non-hydrogen) atoms. The number of nitrogens with one attached hydrogen (secondary N) is 3. The zero-order valence-electron chi connectivity index (χ0n) is 28.8. The first kappa shape index (κ1) is 40.8. The number of alkyl carbamates (subject to hydrolysis) is 1. The minimum Gasteiger partial charge on any atom is -0.462 e. The Balaban J connectivity index is 1.70. The Labute approximate surface area is 293 Å². The molecule has 15 heteroatoms. The lowest BCUT2D eigenvalue weighted by molar-refractivity contribution is -0.148. The first-order chi connectivity index (χ1) is 24.1. The van der Waals surface area contributed by atoms with Crippen molar-refractivity contribution in [3.63, 3.8) is 0 Å². The molecule has 0 aliphatic rings. The van der Waals surface area contributed by atoms with Gasteiger partial charge in [0.25, 0.3) is 0 Å². The van der Waals surface area contributed by atoms with Crippen LogP contribution < -0.4 is 27.4 Å². The number of hydrogen-bond acceptors (Lipinski definition) is 9. The van der Waals surface area contributed by atoms with Crippen molar-refractivity contribution in [3.8, 4) is 0 Å². The summed E-state index contributed by atoms with van der Waals surface area (Å²) in [4.78, 5) is 66.6. The number of rotatable bonds is 23. The van der Waals surface area contributed by atoms with Crippen molar-refractivity contribution in [1.29, 1.82) is 0 Å². The molecule has 0 fully saturated rings. The van der Waals surface area contributed by atoms with Gasteiger partial charge in [0.15, 0.2) is 5.96 Å². The number of unbranched alkanes of at least 4 members (excludes halogenated alkanes) is 2. The highest BCUT2D eigenvalue weighted by molar-refractivity contribution is 5.85. The summed E-state index contributed by atoms with van der Waals surface area (Å²) in [7, 11) is 0. The molecule has 2 rings (SSSR count). The van der Waals surface area contributed by atoms with E-state index in [-0.39, 0.29) is 38.0 Å². The van der Waals surface area contributed by atoms with Crippen molar-refractivity contribution in [1.82, 2.24) is 20.9 Å². The first-order valence-corrected chi connectivity index (χ1v) is 16.8. The smallest absolute Gasteiger partial charge is 0.410 e. The van der Waals surface area contributed by atoms with Gasteiger partial charge in [-0.2, -0.15) is 0 Å². The number of carbonyl (C=O) groups excluding carboxylic acids is 5. The van der Waals surface area contributed by atoms with Gasteiger partial charge in [-0.3, -0.25) is 19.4 Å². The Morgan fingerprint density at radius 3 is 2.00 bits per heavy atom. The van der Waals surface area contributed by atoms with E-state index in [0.29, 0.717) is 71.2 Å². The molecule has 0 spiro atoms. The predicted octanol–water partition coefficient (Wildman–Crippen LogP) is 2.72. The van der Waals surface area contributed by atoms with E-state index in [0.717, 1.165) is 11.1 Å². The van der Waals surface area contributed by atoms with Gasteiger partial charge < -0.3 is 46.5 Å². The summed E-state index contributed by atoms with van der Waals surface area (Å²) in [6.45, 7) is 3.13. The quantitative estimate of drug-likeness (QED) is 0.0376. The fourth-order valence-corrected chi connectivity index (χ4v) is 4.64. The molecule has 0 aliphatic heterocycles. The maximum atomic E-state index is 12.9. The van der Waals surface area contributed by atoms with Gasteiger partial charge >= 0.3 is 18.2 Å². The van der Waals surface area contributed by atoms with Gasteiger partial charge in [0.2, 0.25) is 11.8 Å². The van der Waals surface area contributed by atoms with Crippen LogP contribution >= 0.6 is 0 Å². The van der Waals surface area contributed by atoms with Crippen molar-refractivity contribution in [2.45, 2.75) is 71.2 Å². The van der Waals surface area contributed by atoms with Crippen LogP contribution in [0.4, 0.5) is 9.59 Å². The Morgan fingerprint density at radius 1 is 0.740 bits per heavy atom. The Bertz CT molecular complexity index is 1340. The van der Waals surface area contributed by atoms with E-state index in [1.54, 1.807) is 4.90 Å². The summed E-state index contributed by atoms with van der Waals surface area (Å²) in [6, 6.07) is 18.7. The Hall–Kier alpha value is -5.34. The molecule has 1 atom stereocenters. The zero-order chi connectivity index (χ0) is 36.4. The van der Waals surface area contributed by atoms with E-state index in [1.165, 1.54) is 6.92 Å². The third-order valence-corrected chi connectivity index (χ3v) is 7.15. The van der Waals surface area contributed by atoms with Gasteiger partial charge in [0.1, 0.15) is 19.3 Å². The lowest BCUT2D eigenvalue weighted by Gasteiger charge is -2.22. The van der Waals surface area contributed by atoms with Gasteiger partial charge in [-0.05, 0) is 49.7 Å². The molecule has 2 aromatic rings. The third-order valence-electron chi connectivity index (χ3n) is 7.15. The molecule has 0 radical (unpaired) electrons. The molecule has 15 nitrogen and oxygen atoms in total. The number of hydrogen-bond donors (Lipinski definition) is 5. The van der Waals surface area contributed by atoms with Crippen LogP contribution in [-0.2, 0) is 41.8 Å². The fourth-order valence-electron chi connectivity index (χ4n) is 4.64. The van der Waals surface area contributed by atoms with Crippen LogP contribution in [0.5, 0.6) is 0 Å². The van der Waals surface area contributed by atoms with Crippen molar-refractivity contribution in [2.75, 3.05) is 39.3 Å². The lowest BCUT2D eigenvalue weighted by Crippen LogP contribution is -2.39. The van der Waals surface area contributed by atoms with Crippen LogP contribution in [-0.4, -0.2) is 86.2 Å². The SMILES string of the molecule is CC(=O)O[C@@H](CCCCN=C(N)N)CC(=O)NCC(=O)NCCCCN(CCCNC(=O)OCc1ccccc1)C(=O)OCc1ccccc1. The molecule has 0 saturated heterocycles. The average molecular weight is 698 g/mol. The number of nitrogens with zero attached hydrogens (tertiary/aromatic N) is 2. The van der Waals surface area contributed by atoms with E-state index in [9.17, 15) is 24.0 Å². The molecule has 2 aromatic carbocycles. The number of ether oxygens (including phenoxy) is 3. The zero-order valence-corrected chi connectivity index (χ0v) is 28.8. The molecule has 0 saturated carbocycles. The number of nitrogens with two attached hydrogens (primary N) is 2. The average Bonchev–Trinajstić information content (AvgIpc) is 3.09. The van der Waals surface area contributed by atoms with Crippen LogP contribution in [0, 0.1) is 0 Å². The van der Waals surface area contributed by atoms with Gasteiger partial charge in [0.05, 0.1) is 13.0 Å². The summed E-state index contributed by atoms with van der Waals surface area (Å²) in [5.74, 6) is -1.28. The van der Waals surface area contributed by atoms with E-state index >= 15 is 0 Å². The van der Waals surface area contributed by atoms with Crippen molar-refractivity contribution in [2.24, 2.45) is 16.5 Å².